The van der Waals surface area contributed by atoms with E-state index >= 15 is 0 Å². The first kappa shape index (κ1) is 14.5. The molecular weight excluding hydrogens is 262 g/mol. The topological polar surface area (TPSA) is 46.6 Å². The van der Waals surface area contributed by atoms with Gasteiger partial charge in [-0.05, 0) is 37.8 Å². The van der Waals surface area contributed by atoms with Gasteiger partial charge in [0, 0.05) is 20.2 Å². The molecule has 1 aliphatic rings. The first-order valence-electron chi connectivity index (χ1n) is 6.74. The largest absolute Gasteiger partial charge is 0.378 e. The third-order valence-corrected chi connectivity index (χ3v) is 5.36. The molecule has 0 radical (unpaired) electrons. The molecule has 0 amide bonds. The quantitative estimate of drug-likeness (QED) is 0.833. The Morgan fingerprint density at radius 1 is 1.26 bits per heavy atom. The second-order valence-electron chi connectivity index (χ2n) is 4.92. The van der Waals surface area contributed by atoms with E-state index in [0.29, 0.717) is 11.4 Å². The summed E-state index contributed by atoms with van der Waals surface area (Å²) in [5.41, 5.74) is 0. The number of hydrogen-bond acceptors (Lipinski definition) is 3. The number of ether oxygens (including phenoxy) is 1. The Balaban J connectivity index is 1.93. The summed E-state index contributed by atoms with van der Waals surface area (Å²) in [6.07, 6.45) is 4.32. The molecule has 1 fully saturated rings. The monoisotopic (exact) mass is 283 g/mol. The fraction of sp³-hybridized carbons (Fsp3) is 0.571. The van der Waals surface area contributed by atoms with Crippen LogP contribution in [0.2, 0.25) is 0 Å². The molecule has 106 valence electrons. The van der Waals surface area contributed by atoms with E-state index in [0.717, 1.165) is 25.9 Å². The van der Waals surface area contributed by atoms with Gasteiger partial charge in [0.15, 0.2) is 0 Å². The highest BCUT2D eigenvalue weighted by atomic mass is 32.2. The van der Waals surface area contributed by atoms with Gasteiger partial charge in [-0.1, -0.05) is 18.2 Å². The molecule has 1 atom stereocenters. The Bertz CT molecular complexity index is 481. The molecule has 19 heavy (non-hydrogen) atoms. The number of rotatable bonds is 5. The maximum atomic E-state index is 12.3. The number of sulfonamides is 1. The van der Waals surface area contributed by atoms with Gasteiger partial charge in [0.1, 0.15) is 0 Å². The van der Waals surface area contributed by atoms with Gasteiger partial charge in [-0.15, -0.1) is 0 Å². The molecule has 4 nitrogen and oxygen atoms in total. The second-order valence-corrected chi connectivity index (χ2v) is 6.96. The smallest absolute Gasteiger partial charge is 0.242 e. The Labute approximate surface area is 115 Å². The minimum Gasteiger partial charge on any atom is -0.378 e. The summed E-state index contributed by atoms with van der Waals surface area (Å²) in [7, 11) is -1.73. The predicted molar refractivity (Wildman–Crippen MR) is 74.5 cm³/mol. The lowest BCUT2D eigenvalue weighted by Gasteiger charge is -2.25. The van der Waals surface area contributed by atoms with Crippen LogP contribution in [0.15, 0.2) is 35.2 Å². The third-order valence-electron chi connectivity index (χ3n) is 3.49. The average Bonchev–Trinajstić information content (AvgIpc) is 2.46. The summed E-state index contributed by atoms with van der Waals surface area (Å²) >= 11 is 0. The number of benzene rings is 1. The van der Waals surface area contributed by atoms with Gasteiger partial charge in [-0.25, -0.2) is 12.7 Å². The van der Waals surface area contributed by atoms with Crippen LogP contribution < -0.4 is 0 Å². The molecule has 1 aromatic carbocycles. The molecular formula is C14H21NO3S. The SMILES string of the molecule is CN(CCC1CCCCO1)S(=O)(=O)c1ccccc1. The average molecular weight is 283 g/mol. The molecule has 5 heteroatoms. The molecule has 1 aliphatic heterocycles. The molecule has 1 saturated heterocycles. The molecule has 2 rings (SSSR count). The van der Waals surface area contributed by atoms with Crippen molar-refractivity contribution in [2.45, 2.75) is 36.7 Å². The normalized spacial score (nSPS) is 20.6. The van der Waals surface area contributed by atoms with Crippen molar-refractivity contribution < 1.29 is 13.2 Å². The van der Waals surface area contributed by atoms with Crippen LogP contribution in [-0.4, -0.2) is 39.0 Å². The van der Waals surface area contributed by atoms with E-state index in [-0.39, 0.29) is 6.10 Å². The van der Waals surface area contributed by atoms with E-state index in [1.165, 1.54) is 10.7 Å². The molecule has 1 aromatic rings. The zero-order valence-electron chi connectivity index (χ0n) is 11.3. The van der Waals surface area contributed by atoms with Crippen molar-refractivity contribution >= 4 is 10.0 Å². The highest BCUT2D eigenvalue weighted by Gasteiger charge is 2.22. The van der Waals surface area contributed by atoms with Crippen molar-refractivity contribution in [1.82, 2.24) is 4.31 Å². The van der Waals surface area contributed by atoms with Crippen molar-refractivity contribution in [2.75, 3.05) is 20.2 Å². The lowest BCUT2D eigenvalue weighted by atomic mass is 10.1. The maximum absolute atomic E-state index is 12.3. The Hall–Kier alpha value is -0.910. The molecule has 1 unspecified atom stereocenters. The van der Waals surface area contributed by atoms with Gasteiger partial charge in [0.25, 0.3) is 0 Å². The lowest BCUT2D eigenvalue weighted by Crippen LogP contribution is -2.31. The van der Waals surface area contributed by atoms with Crippen LogP contribution >= 0.6 is 0 Å². The van der Waals surface area contributed by atoms with Gasteiger partial charge < -0.3 is 4.74 Å². The maximum Gasteiger partial charge on any atom is 0.242 e. The van der Waals surface area contributed by atoms with Gasteiger partial charge in [-0.3, -0.25) is 0 Å². The summed E-state index contributed by atoms with van der Waals surface area (Å²) in [5, 5.41) is 0. The summed E-state index contributed by atoms with van der Waals surface area (Å²) in [6.45, 7) is 1.31. The standard InChI is InChI=1S/C14H21NO3S/c1-15(11-10-13-7-5-6-12-18-13)19(16,17)14-8-3-2-4-9-14/h2-4,8-9,13H,5-7,10-12H2,1H3. The van der Waals surface area contributed by atoms with Crippen LogP contribution in [0, 0.1) is 0 Å². The minimum absolute atomic E-state index is 0.210. The van der Waals surface area contributed by atoms with Gasteiger partial charge in [0.2, 0.25) is 10.0 Å². The van der Waals surface area contributed by atoms with Gasteiger partial charge in [-0.2, -0.15) is 0 Å². The summed E-state index contributed by atoms with van der Waals surface area (Å²) in [4.78, 5) is 0.349. The molecule has 1 heterocycles. The van der Waals surface area contributed by atoms with E-state index in [1.54, 1.807) is 31.3 Å². The highest BCUT2D eigenvalue weighted by molar-refractivity contribution is 7.89. The Morgan fingerprint density at radius 2 is 2.00 bits per heavy atom. The molecule has 0 saturated carbocycles. The lowest BCUT2D eigenvalue weighted by molar-refractivity contribution is 0.00950. The fourth-order valence-corrected chi connectivity index (χ4v) is 3.46. The number of nitrogens with zero attached hydrogens (tertiary/aromatic N) is 1. The van der Waals surface area contributed by atoms with Crippen molar-refractivity contribution in [3.63, 3.8) is 0 Å². The third kappa shape index (κ3) is 3.78. The zero-order chi connectivity index (χ0) is 13.7. The summed E-state index contributed by atoms with van der Waals surface area (Å²) < 4.78 is 31.6. The first-order chi connectivity index (χ1) is 9.10. The highest BCUT2D eigenvalue weighted by Crippen LogP contribution is 2.18. The molecule has 0 bridgehead atoms. The summed E-state index contributed by atoms with van der Waals surface area (Å²) in [5.74, 6) is 0. The van der Waals surface area contributed by atoms with E-state index in [2.05, 4.69) is 0 Å². The van der Waals surface area contributed by atoms with Crippen molar-refractivity contribution in [3.8, 4) is 0 Å². The van der Waals surface area contributed by atoms with Crippen LogP contribution in [0.5, 0.6) is 0 Å². The zero-order valence-corrected chi connectivity index (χ0v) is 12.1. The molecule has 0 spiro atoms. The van der Waals surface area contributed by atoms with E-state index in [4.69, 9.17) is 4.74 Å². The molecule has 0 aromatic heterocycles. The number of hydrogen-bond donors (Lipinski definition) is 0. The van der Waals surface area contributed by atoms with Crippen LogP contribution in [0.3, 0.4) is 0 Å². The van der Waals surface area contributed by atoms with Crippen molar-refractivity contribution in [1.29, 1.82) is 0 Å². The van der Waals surface area contributed by atoms with Crippen LogP contribution in [0.25, 0.3) is 0 Å². The minimum atomic E-state index is -3.36. The summed E-state index contributed by atoms with van der Waals surface area (Å²) in [6, 6.07) is 8.55. The van der Waals surface area contributed by atoms with Gasteiger partial charge in [0.05, 0.1) is 11.0 Å². The van der Waals surface area contributed by atoms with E-state index < -0.39 is 10.0 Å². The Morgan fingerprint density at radius 3 is 2.63 bits per heavy atom. The second kappa shape index (κ2) is 6.50. The van der Waals surface area contributed by atoms with Crippen LogP contribution in [0.1, 0.15) is 25.7 Å². The molecule has 0 N–H and O–H groups in total. The van der Waals surface area contributed by atoms with Crippen LogP contribution in [0.4, 0.5) is 0 Å². The van der Waals surface area contributed by atoms with Crippen molar-refractivity contribution in [2.24, 2.45) is 0 Å². The fourth-order valence-electron chi connectivity index (χ4n) is 2.25. The van der Waals surface area contributed by atoms with Crippen molar-refractivity contribution in [3.05, 3.63) is 30.3 Å². The first-order valence-corrected chi connectivity index (χ1v) is 8.18. The Kier molecular flexibility index (Phi) is 4.96. The molecule has 0 aliphatic carbocycles. The van der Waals surface area contributed by atoms with E-state index in [9.17, 15) is 8.42 Å². The predicted octanol–water partition coefficient (Wildman–Crippen LogP) is 2.27. The van der Waals surface area contributed by atoms with Crippen LogP contribution in [-0.2, 0) is 14.8 Å². The van der Waals surface area contributed by atoms with E-state index in [1.807, 2.05) is 6.07 Å². The van der Waals surface area contributed by atoms with Gasteiger partial charge >= 0.3 is 0 Å².